The first-order valence-electron chi connectivity index (χ1n) is 7.47. The lowest BCUT2D eigenvalue weighted by molar-refractivity contribution is -0.135. The van der Waals surface area contributed by atoms with Crippen molar-refractivity contribution < 1.29 is 9.53 Å². The zero-order valence-corrected chi connectivity index (χ0v) is 12.1. The number of carbonyl (C=O) groups excluding carboxylic acids is 1. The van der Waals surface area contributed by atoms with Crippen LogP contribution in [0.4, 0.5) is 0 Å². The lowest BCUT2D eigenvalue weighted by atomic mass is 9.99. The van der Waals surface area contributed by atoms with Gasteiger partial charge in [-0.1, -0.05) is 6.42 Å². The van der Waals surface area contributed by atoms with E-state index in [-0.39, 0.29) is 18.0 Å². The van der Waals surface area contributed by atoms with Gasteiger partial charge >= 0.3 is 0 Å². The smallest absolute Gasteiger partial charge is 0.239 e. The predicted octanol–water partition coefficient (Wildman–Crippen LogP) is 0.339. The minimum Gasteiger partial charge on any atom is -0.378 e. The van der Waals surface area contributed by atoms with E-state index in [9.17, 15) is 4.79 Å². The van der Waals surface area contributed by atoms with Crippen LogP contribution in [0.5, 0.6) is 0 Å². The number of nitrogens with zero attached hydrogens (tertiary/aromatic N) is 1. The fourth-order valence-corrected chi connectivity index (χ4v) is 3.35. The molecule has 1 heterocycles. The zero-order chi connectivity index (χ0) is 13.8. The van der Waals surface area contributed by atoms with Gasteiger partial charge in [0.05, 0.1) is 13.2 Å². The number of nitrogens with two attached hydrogens (primary N) is 1. The van der Waals surface area contributed by atoms with Crippen LogP contribution in [0.3, 0.4) is 0 Å². The van der Waals surface area contributed by atoms with Crippen LogP contribution in [-0.4, -0.2) is 55.2 Å². The summed E-state index contributed by atoms with van der Waals surface area (Å²) in [4.78, 5) is 14.6. The Morgan fingerprint density at radius 2 is 2.26 bits per heavy atom. The summed E-state index contributed by atoms with van der Waals surface area (Å²) in [5, 5.41) is 3.01. The molecule has 0 aromatic rings. The maximum atomic E-state index is 12.3. The molecule has 1 amide bonds. The lowest BCUT2D eigenvalue weighted by Crippen LogP contribution is -2.59. The maximum absolute atomic E-state index is 12.3. The highest BCUT2D eigenvalue weighted by atomic mass is 16.5. The van der Waals surface area contributed by atoms with Crippen molar-refractivity contribution in [3.05, 3.63) is 0 Å². The van der Waals surface area contributed by atoms with Crippen LogP contribution in [0.1, 0.15) is 33.1 Å². The van der Waals surface area contributed by atoms with Crippen molar-refractivity contribution in [3.63, 3.8) is 0 Å². The van der Waals surface area contributed by atoms with Gasteiger partial charge in [-0.3, -0.25) is 9.69 Å². The molecule has 0 radical (unpaired) electrons. The molecule has 1 aliphatic heterocycles. The van der Waals surface area contributed by atoms with Crippen LogP contribution in [-0.2, 0) is 9.53 Å². The summed E-state index contributed by atoms with van der Waals surface area (Å²) >= 11 is 0. The van der Waals surface area contributed by atoms with E-state index in [1.165, 1.54) is 12.8 Å². The van der Waals surface area contributed by atoms with Crippen LogP contribution in [0.15, 0.2) is 0 Å². The predicted molar refractivity (Wildman–Crippen MR) is 74.8 cm³/mol. The molecule has 5 heteroatoms. The molecule has 0 aromatic carbocycles. The summed E-state index contributed by atoms with van der Waals surface area (Å²) in [5.74, 6) is 0.629. The summed E-state index contributed by atoms with van der Waals surface area (Å²) in [6.45, 7) is 6.78. The molecule has 0 spiro atoms. The topological polar surface area (TPSA) is 67.6 Å². The molecule has 1 aliphatic carbocycles. The first-order valence-corrected chi connectivity index (χ1v) is 7.47. The van der Waals surface area contributed by atoms with Crippen molar-refractivity contribution in [1.29, 1.82) is 0 Å². The zero-order valence-electron chi connectivity index (χ0n) is 12.1. The summed E-state index contributed by atoms with van der Waals surface area (Å²) < 4.78 is 5.51. The SMILES string of the molecule is CC(C)NC(=O)C1COCCN1C1CCCC1CN. The van der Waals surface area contributed by atoms with Crippen molar-refractivity contribution >= 4 is 5.91 Å². The fraction of sp³-hybridized carbons (Fsp3) is 0.929. The Hall–Kier alpha value is -0.650. The molecule has 1 saturated heterocycles. The molecule has 2 aliphatic rings. The van der Waals surface area contributed by atoms with E-state index < -0.39 is 0 Å². The molecule has 2 fully saturated rings. The third kappa shape index (κ3) is 3.46. The molecule has 19 heavy (non-hydrogen) atoms. The van der Waals surface area contributed by atoms with E-state index in [1.807, 2.05) is 13.8 Å². The van der Waals surface area contributed by atoms with Crippen LogP contribution < -0.4 is 11.1 Å². The number of nitrogens with one attached hydrogen (secondary N) is 1. The second-order valence-corrected chi connectivity index (χ2v) is 5.99. The monoisotopic (exact) mass is 269 g/mol. The molecule has 2 rings (SSSR count). The third-order valence-electron chi connectivity index (χ3n) is 4.25. The van der Waals surface area contributed by atoms with Crippen molar-refractivity contribution in [2.45, 2.75) is 51.2 Å². The summed E-state index contributed by atoms with van der Waals surface area (Å²) in [6, 6.07) is 0.482. The second-order valence-electron chi connectivity index (χ2n) is 5.99. The molecule has 3 atom stereocenters. The molecule has 0 aromatic heterocycles. The number of morpholine rings is 1. The largest absolute Gasteiger partial charge is 0.378 e. The molecule has 5 nitrogen and oxygen atoms in total. The summed E-state index contributed by atoms with van der Waals surface area (Å²) in [5.41, 5.74) is 5.87. The summed E-state index contributed by atoms with van der Waals surface area (Å²) in [7, 11) is 0. The van der Waals surface area contributed by atoms with Crippen molar-refractivity contribution in [3.8, 4) is 0 Å². The van der Waals surface area contributed by atoms with E-state index >= 15 is 0 Å². The fourth-order valence-electron chi connectivity index (χ4n) is 3.35. The van der Waals surface area contributed by atoms with Gasteiger partial charge in [0.2, 0.25) is 5.91 Å². The Morgan fingerprint density at radius 1 is 1.47 bits per heavy atom. The Labute approximate surface area is 115 Å². The van der Waals surface area contributed by atoms with E-state index in [1.54, 1.807) is 0 Å². The highest BCUT2D eigenvalue weighted by Gasteiger charge is 2.39. The average molecular weight is 269 g/mol. The number of rotatable bonds is 4. The standard InChI is InChI=1S/C14H27N3O2/c1-10(2)16-14(18)13-9-19-7-6-17(13)12-5-3-4-11(12)8-15/h10-13H,3-9,15H2,1-2H3,(H,16,18). The number of ether oxygens (including phenoxy) is 1. The first-order chi connectivity index (χ1) is 9.13. The van der Waals surface area contributed by atoms with E-state index in [0.717, 1.165) is 26.1 Å². The Bertz CT molecular complexity index is 309. The normalized spacial score (nSPS) is 32.7. The first kappa shape index (κ1) is 14.8. The maximum Gasteiger partial charge on any atom is 0.239 e. The van der Waals surface area contributed by atoms with Gasteiger partial charge in [-0.25, -0.2) is 0 Å². The minimum absolute atomic E-state index is 0.0948. The molecular weight excluding hydrogens is 242 g/mol. The van der Waals surface area contributed by atoms with Crippen molar-refractivity contribution in [2.24, 2.45) is 11.7 Å². The van der Waals surface area contributed by atoms with E-state index in [4.69, 9.17) is 10.5 Å². The van der Waals surface area contributed by atoms with Gasteiger partial charge in [0, 0.05) is 18.6 Å². The molecular formula is C14H27N3O2. The van der Waals surface area contributed by atoms with Gasteiger partial charge in [-0.2, -0.15) is 0 Å². The highest BCUT2D eigenvalue weighted by Crippen LogP contribution is 2.31. The van der Waals surface area contributed by atoms with Crippen LogP contribution in [0.2, 0.25) is 0 Å². The number of amides is 1. The highest BCUT2D eigenvalue weighted by molar-refractivity contribution is 5.82. The second kappa shape index (κ2) is 6.68. The van der Waals surface area contributed by atoms with Crippen LogP contribution >= 0.6 is 0 Å². The molecule has 1 saturated carbocycles. The number of carbonyl (C=O) groups is 1. The molecule has 3 N–H and O–H groups in total. The molecule has 0 bridgehead atoms. The summed E-state index contributed by atoms with van der Waals surface area (Å²) in [6.07, 6.45) is 3.58. The Balaban J connectivity index is 2.05. The van der Waals surface area contributed by atoms with Crippen molar-refractivity contribution in [2.75, 3.05) is 26.3 Å². The number of hydrogen-bond donors (Lipinski definition) is 2. The van der Waals surface area contributed by atoms with Gasteiger partial charge < -0.3 is 15.8 Å². The van der Waals surface area contributed by atoms with Gasteiger partial charge in [-0.05, 0) is 39.2 Å². The van der Waals surface area contributed by atoms with Crippen LogP contribution in [0.25, 0.3) is 0 Å². The van der Waals surface area contributed by atoms with E-state index in [0.29, 0.717) is 18.6 Å². The molecule has 3 unspecified atom stereocenters. The minimum atomic E-state index is -0.145. The van der Waals surface area contributed by atoms with Gasteiger partial charge in [-0.15, -0.1) is 0 Å². The molecule has 110 valence electrons. The average Bonchev–Trinajstić information content (AvgIpc) is 2.86. The van der Waals surface area contributed by atoms with Gasteiger partial charge in [0.15, 0.2) is 0 Å². The quantitative estimate of drug-likeness (QED) is 0.772. The van der Waals surface area contributed by atoms with Crippen LogP contribution in [0, 0.1) is 5.92 Å². The third-order valence-corrected chi connectivity index (χ3v) is 4.25. The Morgan fingerprint density at radius 3 is 2.95 bits per heavy atom. The number of hydrogen-bond acceptors (Lipinski definition) is 4. The van der Waals surface area contributed by atoms with Crippen molar-refractivity contribution in [1.82, 2.24) is 10.2 Å². The van der Waals surface area contributed by atoms with Gasteiger partial charge in [0.25, 0.3) is 0 Å². The van der Waals surface area contributed by atoms with Gasteiger partial charge in [0.1, 0.15) is 6.04 Å². The lowest BCUT2D eigenvalue weighted by Gasteiger charge is -2.41. The Kier molecular flexibility index (Phi) is 5.19. The van der Waals surface area contributed by atoms with E-state index in [2.05, 4.69) is 10.2 Å².